The number of likely N-dealkylation sites (N-methyl/N-ethyl adjacent to an activating group) is 1. The monoisotopic (exact) mass is 371 g/mol. The maximum atomic E-state index is 12.7. The fourth-order valence-electron chi connectivity index (χ4n) is 3.12. The molecule has 1 saturated carbocycles. The Kier molecular flexibility index (Phi) is 5.46. The van der Waals surface area contributed by atoms with Crippen LogP contribution in [-0.2, 0) is 23.2 Å². The Hall–Kier alpha value is -2.87. The van der Waals surface area contributed by atoms with Gasteiger partial charge in [-0.3, -0.25) is 9.48 Å². The van der Waals surface area contributed by atoms with E-state index >= 15 is 0 Å². The van der Waals surface area contributed by atoms with Crippen molar-refractivity contribution < 1.29 is 14.6 Å². The van der Waals surface area contributed by atoms with E-state index in [-0.39, 0.29) is 23.9 Å². The van der Waals surface area contributed by atoms with Crippen LogP contribution < -0.4 is 10.6 Å². The van der Waals surface area contributed by atoms with E-state index in [1.54, 1.807) is 36.2 Å². The second-order valence-electron chi connectivity index (χ2n) is 6.81. The summed E-state index contributed by atoms with van der Waals surface area (Å²) in [5.41, 5.74) is 1.32. The summed E-state index contributed by atoms with van der Waals surface area (Å²) in [6, 6.07) is 1.87. The third-order valence-corrected chi connectivity index (χ3v) is 5.04. The molecule has 1 aromatic rings. The maximum absolute atomic E-state index is 12.7. The van der Waals surface area contributed by atoms with Crippen molar-refractivity contribution in [2.24, 2.45) is 7.05 Å². The third-order valence-electron chi connectivity index (χ3n) is 5.04. The van der Waals surface area contributed by atoms with Gasteiger partial charge in [0.05, 0.1) is 23.6 Å². The molecule has 144 valence electrons. The molecule has 3 rings (SSSR count). The van der Waals surface area contributed by atoms with Gasteiger partial charge in [0.2, 0.25) is 0 Å². The number of aryl methyl sites for hydroxylation is 1. The lowest BCUT2D eigenvalue weighted by molar-refractivity contribution is -0.121. The van der Waals surface area contributed by atoms with Gasteiger partial charge in [0, 0.05) is 25.9 Å². The lowest BCUT2D eigenvalue weighted by atomic mass is 9.77. The molecule has 2 aliphatic carbocycles. The zero-order valence-corrected chi connectivity index (χ0v) is 15.6. The average Bonchev–Trinajstić information content (AvgIpc) is 3.04. The predicted octanol–water partition coefficient (Wildman–Crippen LogP) is 0.915. The minimum absolute atomic E-state index is 0.0860. The minimum atomic E-state index is -0.547. The van der Waals surface area contributed by atoms with E-state index in [9.17, 15) is 9.90 Å². The summed E-state index contributed by atoms with van der Waals surface area (Å²) in [5.74, 6) is 0.229. The Balaban J connectivity index is 1.78. The number of allylic oxidation sites excluding steroid dienone is 4. The molecule has 0 spiro atoms. The zero-order valence-electron chi connectivity index (χ0n) is 15.6. The molecule has 1 heterocycles. The Labute approximate surface area is 158 Å². The molecule has 0 bridgehead atoms. The maximum Gasteiger partial charge on any atom is 0.268 e. The highest BCUT2D eigenvalue weighted by atomic mass is 16.5. The van der Waals surface area contributed by atoms with Gasteiger partial charge in [-0.1, -0.05) is 0 Å². The first-order valence-corrected chi connectivity index (χ1v) is 8.92. The van der Waals surface area contributed by atoms with Crippen molar-refractivity contribution in [3.63, 3.8) is 0 Å². The zero-order chi connectivity index (χ0) is 19.4. The number of amides is 1. The summed E-state index contributed by atoms with van der Waals surface area (Å²) in [4.78, 5) is 12.7. The molecule has 2 aliphatic rings. The quantitative estimate of drug-likeness (QED) is 0.533. The molecular formula is C19H25N5O3. The summed E-state index contributed by atoms with van der Waals surface area (Å²) in [5, 5.41) is 27.7. The van der Waals surface area contributed by atoms with Gasteiger partial charge < -0.3 is 25.9 Å². The number of rotatable bonds is 7. The molecule has 8 nitrogen and oxygen atoms in total. The molecule has 0 saturated heterocycles. The van der Waals surface area contributed by atoms with Crippen LogP contribution in [-0.4, -0.2) is 45.7 Å². The number of carbonyl (C=O) groups excluding carboxylic acids is 1. The first-order valence-electron chi connectivity index (χ1n) is 8.92. The van der Waals surface area contributed by atoms with E-state index in [2.05, 4.69) is 15.7 Å². The number of ether oxygens (including phenoxy) is 1. The standard InChI is InChI=1S/C19H25N5O3/c1-21-17(18(26)23-19(12-25)7-3-8-19)15-10-14(4-5-16(15)20)27-11-13-6-9-22-24(13)2/h4-6,9-10,20-21,25H,3,7-8,11-12H2,1-2H3,(H,23,26)/b17-15-,20-16?. The van der Waals surface area contributed by atoms with Gasteiger partial charge in [-0.2, -0.15) is 5.10 Å². The number of hydrogen-bond acceptors (Lipinski definition) is 6. The van der Waals surface area contributed by atoms with E-state index in [1.165, 1.54) is 0 Å². The minimum Gasteiger partial charge on any atom is -0.487 e. The van der Waals surface area contributed by atoms with Crippen molar-refractivity contribution in [1.29, 1.82) is 5.41 Å². The van der Waals surface area contributed by atoms with E-state index in [1.807, 2.05) is 13.1 Å². The largest absolute Gasteiger partial charge is 0.487 e. The molecule has 0 aliphatic heterocycles. The number of hydrogen-bond donors (Lipinski definition) is 4. The predicted molar refractivity (Wildman–Crippen MR) is 101 cm³/mol. The van der Waals surface area contributed by atoms with Gasteiger partial charge in [0.15, 0.2) is 0 Å². The van der Waals surface area contributed by atoms with Crippen LogP contribution in [0.2, 0.25) is 0 Å². The first-order chi connectivity index (χ1) is 13.0. The molecule has 8 heteroatoms. The molecule has 0 atom stereocenters. The summed E-state index contributed by atoms with van der Waals surface area (Å²) in [6.07, 6.45) is 9.18. The number of aliphatic hydroxyl groups is 1. The van der Waals surface area contributed by atoms with Crippen LogP contribution in [0, 0.1) is 5.41 Å². The van der Waals surface area contributed by atoms with Crippen LogP contribution in [0.1, 0.15) is 25.0 Å². The lowest BCUT2D eigenvalue weighted by Gasteiger charge is -2.41. The van der Waals surface area contributed by atoms with Crippen molar-refractivity contribution in [3.8, 4) is 0 Å². The molecule has 1 aromatic heterocycles. The molecule has 0 aromatic carbocycles. The Morgan fingerprint density at radius 1 is 1.44 bits per heavy atom. The molecule has 27 heavy (non-hydrogen) atoms. The normalized spacial score (nSPS) is 19.8. The topological polar surface area (TPSA) is 112 Å². The van der Waals surface area contributed by atoms with Crippen LogP contribution in [0.5, 0.6) is 0 Å². The first kappa shape index (κ1) is 18.9. The molecule has 0 radical (unpaired) electrons. The van der Waals surface area contributed by atoms with E-state index in [0.29, 0.717) is 17.9 Å². The van der Waals surface area contributed by atoms with Gasteiger partial charge in [0.25, 0.3) is 5.91 Å². The van der Waals surface area contributed by atoms with E-state index in [4.69, 9.17) is 10.1 Å². The summed E-state index contributed by atoms with van der Waals surface area (Å²) in [7, 11) is 3.48. The summed E-state index contributed by atoms with van der Waals surface area (Å²) < 4.78 is 7.53. The molecule has 4 N–H and O–H groups in total. The highest BCUT2D eigenvalue weighted by molar-refractivity contribution is 6.14. The second-order valence-corrected chi connectivity index (χ2v) is 6.81. The van der Waals surface area contributed by atoms with Gasteiger partial charge >= 0.3 is 0 Å². The van der Waals surface area contributed by atoms with Gasteiger partial charge in [-0.05, 0) is 43.6 Å². The van der Waals surface area contributed by atoms with Crippen LogP contribution in [0.3, 0.4) is 0 Å². The van der Waals surface area contributed by atoms with Crippen molar-refractivity contribution >= 4 is 11.6 Å². The smallest absolute Gasteiger partial charge is 0.268 e. The molecule has 1 amide bonds. The average molecular weight is 371 g/mol. The number of nitrogens with zero attached hydrogens (tertiary/aromatic N) is 2. The van der Waals surface area contributed by atoms with Gasteiger partial charge in [0.1, 0.15) is 18.1 Å². The summed E-state index contributed by atoms with van der Waals surface area (Å²) >= 11 is 0. The molecular weight excluding hydrogens is 346 g/mol. The molecule has 0 unspecified atom stereocenters. The number of aliphatic hydroxyl groups excluding tert-OH is 1. The SMILES string of the molecule is CN/C(C(=O)NC1(CO)CCC1)=C1/C=C(OCc2ccnn2C)C=CC1=N. The Bertz CT molecular complexity index is 825. The third kappa shape index (κ3) is 3.95. The van der Waals surface area contributed by atoms with Crippen molar-refractivity contribution in [3.05, 3.63) is 53.2 Å². The van der Waals surface area contributed by atoms with Crippen LogP contribution in [0.15, 0.2) is 47.5 Å². The fourth-order valence-corrected chi connectivity index (χ4v) is 3.12. The number of nitrogens with one attached hydrogen (secondary N) is 3. The summed E-state index contributed by atoms with van der Waals surface area (Å²) in [6.45, 7) is 0.249. The number of carbonyl (C=O) groups is 1. The van der Waals surface area contributed by atoms with Gasteiger partial charge in [-0.25, -0.2) is 0 Å². The van der Waals surface area contributed by atoms with Crippen molar-refractivity contribution in [2.75, 3.05) is 13.7 Å². The van der Waals surface area contributed by atoms with Crippen molar-refractivity contribution in [1.82, 2.24) is 20.4 Å². The number of aromatic nitrogens is 2. The Morgan fingerprint density at radius 2 is 2.22 bits per heavy atom. The highest BCUT2D eigenvalue weighted by Crippen LogP contribution is 2.31. The Morgan fingerprint density at radius 3 is 2.78 bits per heavy atom. The highest BCUT2D eigenvalue weighted by Gasteiger charge is 2.38. The van der Waals surface area contributed by atoms with Crippen LogP contribution in [0.25, 0.3) is 0 Å². The van der Waals surface area contributed by atoms with E-state index < -0.39 is 5.54 Å². The van der Waals surface area contributed by atoms with Crippen LogP contribution >= 0.6 is 0 Å². The van der Waals surface area contributed by atoms with Gasteiger partial charge in [-0.15, -0.1) is 0 Å². The van der Waals surface area contributed by atoms with E-state index in [0.717, 1.165) is 25.0 Å². The van der Waals surface area contributed by atoms with Crippen molar-refractivity contribution in [2.45, 2.75) is 31.4 Å². The second kappa shape index (κ2) is 7.79. The lowest BCUT2D eigenvalue weighted by Crippen LogP contribution is -2.57. The fraction of sp³-hybridized carbons (Fsp3) is 0.421. The van der Waals surface area contributed by atoms with Crippen LogP contribution in [0.4, 0.5) is 0 Å². The molecule has 1 fully saturated rings.